The van der Waals surface area contributed by atoms with E-state index < -0.39 is 0 Å². The average Bonchev–Trinajstić information content (AvgIpc) is 3.00. The van der Waals surface area contributed by atoms with E-state index in [9.17, 15) is 4.79 Å². The highest BCUT2D eigenvalue weighted by Gasteiger charge is 2.13. The third kappa shape index (κ3) is 4.49. The Morgan fingerprint density at radius 2 is 2.04 bits per heavy atom. The molecule has 1 heterocycles. The molecule has 0 aliphatic rings. The van der Waals surface area contributed by atoms with Gasteiger partial charge >= 0.3 is 0 Å². The third-order valence-electron chi connectivity index (χ3n) is 3.31. The van der Waals surface area contributed by atoms with Crippen molar-refractivity contribution in [1.82, 2.24) is 0 Å². The molecule has 0 atom stereocenters. The van der Waals surface area contributed by atoms with Gasteiger partial charge in [0.2, 0.25) is 0 Å². The van der Waals surface area contributed by atoms with Crippen LogP contribution < -0.4 is 11.1 Å². The van der Waals surface area contributed by atoms with Crippen LogP contribution in [0.25, 0.3) is 5.57 Å². The van der Waals surface area contributed by atoms with Crippen molar-refractivity contribution in [2.45, 2.75) is 20.3 Å². The molecule has 0 saturated heterocycles. The van der Waals surface area contributed by atoms with Gasteiger partial charge in [0.05, 0.1) is 0 Å². The fourth-order valence-electron chi connectivity index (χ4n) is 2.34. The van der Waals surface area contributed by atoms with Gasteiger partial charge in [-0.15, -0.1) is 0 Å². The zero-order valence-corrected chi connectivity index (χ0v) is 14.0. The Hall–Kier alpha value is -3.01. The Bertz CT molecular complexity index is 777. The first kappa shape index (κ1) is 17.3. The predicted octanol–water partition coefficient (Wildman–Crippen LogP) is 4.96. The number of rotatable bonds is 6. The van der Waals surface area contributed by atoms with E-state index in [0.29, 0.717) is 17.1 Å². The van der Waals surface area contributed by atoms with E-state index in [1.165, 1.54) is 0 Å². The molecule has 0 spiro atoms. The molecular weight excluding hydrogens is 300 g/mol. The van der Waals surface area contributed by atoms with Gasteiger partial charge in [-0.1, -0.05) is 37.8 Å². The molecule has 0 saturated carbocycles. The molecule has 0 radical (unpaired) electrons. The Morgan fingerprint density at radius 3 is 2.71 bits per heavy atom. The molecule has 1 aromatic carbocycles. The number of nitrogens with one attached hydrogen (secondary N) is 1. The molecule has 2 aromatic rings. The lowest BCUT2D eigenvalue weighted by Gasteiger charge is -2.06. The number of anilines is 2. The first-order valence-electron chi connectivity index (χ1n) is 7.81. The molecule has 4 heteroatoms. The number of aryl methyl sites for hydroxylation is 1. The van der Waals surface area contributed by atoms with Gasteiger partial charge in [-0.3, -0.25) is 4.79 Å². The van der Waals surface area contributed by atoms with Crippen LogP contribution in [-0.2, 0) is 0 Å². The zero-order valence-electron chi connectivity index (χ0n) is 14.0. The van der Waals surface area contributed by atoms with E-state index in [1.54, 1.807) is 24.3 Å². The van der Waals surface area contributed by atoms with Crippen molar-refractivity contribution in [1.29, 1.82) is 0 Å². The number of hydrogen-bond acceptors (Lipinski definition) is 3. The first-order chi connectivity index (χ1) is 11.5. The van der Waals surface area contributed by atoms with Crippen LogP contribution in [0.4, 0.5) is 11.4 Å². The molecule has 0 aliphatic carbocycles. The highest BCUT2D eigenvalue weighted by atomic mass is 16.3. The standard InChI is InChI=1S/C20H22N2O2/c1-4-6-8-15(7-5-2)18-9-10-19(24-18)20(23)22-17-12-14(3)11-16(21)13-17/h4,6-13H,1,5,21H2,2-3H3,(H,22,23)/b8-6-,15-7+. The molecule has 0 aliphatic heterocycles. The molecule has 1 amide bonds. The van der Waals surface area contributed by atoms with Crippen molar-refractivity contribution in [2.24, 2.45) is 0 Å². The summed E-state index contributed by atoms with van der Waals surface area (Å²) in [5, 5.41) is 2.80. The summed E-state index contributed by atoms with van der Waals surface area (Å²) in [6.45, 7) is 7.63. The van der Waals surface area contributed by atoms with Gasteiger partial charge in [0, 0.05) is 16.9 Å². The van der Waals surface area contributed by atoms with Crippen LogP contribution in [0.1, 0.15) is 35.2 Å². The number of allylic oxidation sites excluding steroid dienone is 5. The minimum absolute atomic E-state index is 0.249. The SMILES string of the molecule is C=C/C=C\C(=C/CC)c1ccc(C(=O)Nc2cc(C)cc(N)c2)o1. The van der Waals surface area contributed by atoms with Gasteiger partial charge < -0.3 is 15.5 Å². The lowest BCUT2D eigenvalue weighted by atomic mass is 10.1. The van der Waals surface area contributed by atoms with Crippen molar-refractivity contribution >= 4 is 22.9 Å². The maximum Gasteiger partial charge on any atom is 0.291 e. The molecule has 24 heavy (non-hydrogen) atoms. The smallest absolute Gasteiger partial charge is 0.291 e. The zero-order chi connectivity index (χ0) is 17.5. The Labute approximate surface area is 142 Å². The summed E-state index contributed by atoms with van der Waals surface area (Å²) in [6.07, 6.45) is 8.32. The van der Waals surface area contributed by atoms with Crippen LogP contribution in [0.5, 0.6) is 0 Å². The Morgan fingerprint density at radius 1 is 1.29 bits per heavy atom. The van der Waals surface area contributed by atoms with Crippen molar-refractivity contribution in [2.75, 3.05) is 11.1 Å². The van der Waals surface area contributed by atoms with Gasteiger partial charge in [0.1, 0.15) is 5.76 Å². The topological polar surface area (TPSA) is 68.3 Å². The molecule has 0 bridgehead atoms. The molecule has 124 valence electrons. The van der Waals surface area contributed by atoms with Crippen molar-refractivity contribution < 1.29 is 9.21 Å². The summed E-state index contributed by atoms with van der Waals surface area (Å²) in [5.41, 5.74) is 8.94. The van der Waals surface area contributed by atoms with Crippen molar-refractivity contribution in [3.8, 4) is 0 Å². The number of hydrogen-bond donors (Lipinski definition) is 2. The van der Waals surface area contributed by atoms with E-state index >= 15 is 0 Å². The molecule has 1 aromatic heterocycles. The first-order valence-corrected chi connectivity index (χ1v) is 7.81. The molecule has 0 fully saturated rings. The highest BCUT2D eigenvalue weighted by Crippen LogP contribution is 2.22. The highest BCUT2D eigenvalue weighted by molar-refractivity contribution is 6.02. The quantitative estimate of drug-likeness (QED) is 0.583. The largest absolute Gasteiger partial charge is 0.451 e. The number of amides is 1. The second-order valence-electron chi connectivity index (χ2n) is 5.41. The molecule has 3 N–H and O–H groups in total. The van der Waals surface area contributed by atoms with E-state index in [2.05, 4.69) is 11.9 Å². The van der Waals surface area contributed by atoms with E-state index in [4.69, 9.17) is 10.2 Å². The van der Waals surface area contributed by atoms with Gasteiger partial charge in [-0.25, -0.2) is 0 Å². The maximum atomic E-state index is 12.3. The van der Waals surface area contributed by atoms with Gasteiger partial charge in [0.15, 0.2) is 5.76 Å². The van der Waals surface area contributed by atoms with Crippen LogP contribution in [0.2, 0.25) is 0 Å². The molecular formula is C20H22N2O2. The summed E-state index contributed by atoms with van der Waals surface area (Å²) < 4.78 is 5.69. The minimum atomic E-state index is -0.310. The number of nitrogen functional groups attached to an aromatic ring is 1. The lowest BCUT2D eigenvalue weighted by Crippen LogP contribution is -2.11. The van der Waals surface area contributed by atoms with Gasteiger partial charge in [0.25, 0.3) is 5.91 Å². The number of carbonyl (C=O) groups is 1. The molecule has 0 unspecified atom stereocenters. The molecule has 2 rings (SSSR count). The monoisotopic (exact) mass is 322 g/mol. The second kappa shape index (κ2) is 8.02. The van der Waals surface area contributed by atoms with E-state index in [0.717, 1.165) is 17.6 Å². The number of furan rings is 1. The Kier molecular flexibility index (Phi) is 5.79. The summed E-state index contributed by atoms with van der Waals surface area (Å²) >= 11 is 0. The van der Waals surface area contributed by atoms with Crippen LogP contribution >= 0.6 is 0 Å². The Balaban J connectivity index is 2.19. The predicted molar refractivity (Wildman–Crippen MR) is 99.9 cm³/mol. The third-order valence-corrected chi connectivity index (χ3v) is 3.31. The second-order valence-corrected chi connectivity index (χ2v) is 5.41. The summed E-state index contributed by atoms with van der Waals surface area (Å²) in [5.74, 6) is 0.581. The van der Waals surface area contributed by atoms with Crippen LogP contribution in [-0.4, -0.2) is 5.91 Å². The fraction of sp³-hybridized carbons (Fsp3) is 0.150. The normalized spacial score (nSPS) is 11.7. The van der Waals surface area contributed by atoms with E-state index in [1.807, 2.05) is 44.2 Å². The van der Waals surface area contributed by atoms with Gasteiger partial charge in [-0.2, -0.15) is 0 Å². The summed E-state index contributed by atoms with van der Waals surface area (Å²) in [7, 11) is 0. The van der Waals surface area contributed by atoms with Crippen LogP contribution in [0.15, 0.2) is 65.6 Å². The van der Waals surface area contributed by atoms with Crippen LogP contribution in [0, 0.1) is 6.92 Å². The van der Waals surface area contributed by atoms with Gasteiger partial charge in [-0.05, 0) is 49.2 Å². The van der Waals surface area contributed by atoms with E-state index in [-0.39, 0.29) is 11.7 Å². The number of carbonyl (C=O) groups excluding carboxylic acids is 1. The van der Waals surface area contributed by atoms with Crippen LogP contribution in [0.3, 0.4) is 0 Å². The molecule has 4 nitrogen and oxygen atoms in total. The lowest BCUT2D eigenvalue weighted by molar-refractivity contribution is 0.0996. The number of benzene rings is 1. The summed E-state index contributed by atoms with van der Waals surface area (Å²) in [6, 6.07) is 8.86. The summed E-state index contributed by atoms with van der Waals surface area (Å²) in [4.78, 5) is 12.3. The minimum Gasteiger partial charge on any atom is -0.451 e. The van der Waals surface area contributed by atoms with Crippen molar-refractivity contribution in [3.63, 3.8) is 0 Å². The van der Waals surface area contributed by atoms with Crippen molar-refractivity contribution in [3.05, 3.63) is 78.3 Å². The maximum absolute atomic E-state index is 12.3. The average molecular weight is 322 g/mol. The number of nitrogens with two attached hydrogens (primary N) is 1. The fourth-order valence-corrected chi connectivity index (χ4v) is 2.34.